The van der Waals surface area contributed by atoms with Crippen molar-refractivity contribution in [2.75, 3.05) is 27.4 Å². The molecule has 7 aliphatic heterocycles. The Hall–Kier alpha value is -1.89. The maximum absolute atomic E-state index is 13.8. The van der Waals surface area contributed by atoms with Crippen LogP contribution in [-0.2, 0) is 66.4 Å². The zero-order valence-corrected chi connectivity index (χ0v) is 39.1. The van der Waals surface area contributed by atoms with Crippen LogP contribution in [-0.4, -0.2) is 181 Å². The predicted molar refractivity (Wildman–Crippen MR) is 225 cm³/mol. The minimum Gasteiger partial charge on any atom is -0.469 e. The molecule has 7 fully saturated rings. The lowest BCUT2D eigenvalue weighted by Crippen LogP contribution is -2.62. The maximum Gasteiger partial charge on any atom is 0.309 e. The molecule has 0 bridgehead atoms. The van der Waals surface area contributed by atoms with Crippen molar-refractivity contribution in [1.82, 2.24) is 0 Å². The molecule has 6 saturated heterocycles. The Morgan fingerprint density at radius 3 is 2.08 bits per heavy atom. The summed E-state index contributed by atoms with van der Waals surface area (Å²) in [5, 5.41) is 52.0. The van der Waals surface area contributed by atoms with Crippen LogP contribution in [0.4, 0.5) is 0 Å². The molecule has 9 aliphatic rings. The highest BCUT2D eigenvalue weighted by Crippen LogP contribution is 2.57. The summed E-state index contributed by atoms with van der Waals surface area (Å²) in [7, 11) is 3.14. The van der Waals surface area contributed by atoms with E-state index in [0.29, 0.717) is 19.4 Å². The van der Waals surface area contributed by atoms with E-state index in [1.807, 2.05) is 20.1 Å². The van der Waals surface area contributed by atoms with Gasteiger partial charge in [0.2, 0.25) is 5.79 Å². The third kappa shape index (κ3) is 9.28. The molecule has 374 valence electrons. The van der Waals surface area contributed by atoms with E-state index in [0.717, 1.165) is 32.1 Å². The number of esters is 1. The van der Waals surface area contributed by atoms with Crippen LogP contribution in [0.15, 0.2) is 23.5 Å². The number of carbonyl (C=O) groups excluding carboxylic acids is 1. The summed E-state index contributed by atoms with van der Waals surface area (Å²) in [4.78, 5) is 13.8. The Morgan fingerprint density at radius 1 is 0.773 bits per heavy atom. The van der Waals surface area contributed by atoms with Gasteiger partial charge in [0.15, 0.2) is 25.2 Å². The van der Waals surface area contributed by atoms with Crippen molar-refractivity contribution in [3.63, 3.8) is 0 Å². The zero-order chi connectivity index (χ0) is 46.8. The van der Waals surface area contributed by atoms with Gasteiger partial charge in [0.05, 0.1) is 74.0 Å². The van der Waals surface area contributed by atoms with E-state index < -0.39 is 111 Å². The van der Waals surface area contributed by atoms with Crippen molar-refractivity contribution in [2.24, 2.45) is 23.2 Å². The molecule has 24 atom stereocenters. The van der Waals surface area contributed by atoms with Gasteiger partial charge >= 0.3 is 5.97 Å². The summed E-state index contributed by atoms with van der Waals surface area (Å²) in [5.74, 6) is -1.03. The Morgan fingerprint density at radius 2 is 1.41 bits per heavy atom. The van der Waals surface area contributed by atoms with E-state index in [1.54, 1.807) is 21.0 Å². The average Bonchev–Trinajstić information content (AvgIpc) is 3.80. The SMILES string of the molecule is CO[C@@H]1C[C@H](O[C@H]2CC[C@@]3(C)C(=CC[C@H]4C(=O)O[C@@H]5CO[C@]6(C)OC=C(CC[C@@H]43)[C@H]56)C2)O[C@H](C)[C@H]1O[C@H]1C[C@H](O)[C@H](O[C@@H]2C[C@@H](OC)[C@H](O[C@@H]3O[C@H](CO)[C@@H](O)[C@H](O)[C@H]3O)[C@@H](C)O2)[C@@H](C)O1. The van der Waals surface area contributed by atoms with Gasteiger partial charge in [-0.2, -0.15) is 0 Å². The molecule has 0 aromatic carbocycles. The molecular weight excluding hydrogens is 868 g/mol. The number of hydrogen-bond donors (Lipinski definition) is 5. The normalized spacial score (nSPS) is 51.7. The second kappa shape index (κ2) is 19.7. The number of aliphatic hydroxyl groups is 5. The lowest BCUT2D eigenvalue weighted by molar-refractivity contribution is -0.356. The molecule has 0 unspecified atom stereocenters. The monoisotopic (exact) mass is 940 g/mol. The number of carbonyl (C=O) groups is 1. The van der Waals surface area contributed by atoms with E-state index in [4.69, 9.17) is 61.6 Å². The highest BCUT2D eigenvalue weighted by Gasteiger charge is 2.58. The number of methoxy groups -OCH3 is 2. The fourth-order valence-corrected chi connectivity index (χ4v) is 12.5. The third-order valence-corrected chi connectivity index (χ3v) is 16.3. The number of allylic oxidation sites excluding steroid dienone is 1. The van der Waals surface area contributed by atoms with Crippen LogP contribution in [0, 0.1) is 23.2 Å². The average molecular weight is 941 g/mol. The van der Waals surface area contributed by atoms with Crippen LogP contribution >= 0.6 is 0 Å². The highest BCUT2D eigenvalue weighted by molar-refractivity contribution is 5.74. The predicted octanol–water partition coefficient (Wildman–Crippen LogP) is 1.86. The molecule has 66 heavy (non-hydrogen) atoms. The van der Waals surface area contributed by atoms with E-state index in [-0.39, 0.29) is 60.3 Å². The molecule has 0 aromatic heterocycles. The first kappa shape index (κ1) is 49.1. The van der Waals surface area contributed by atoms with Crippen molar-refractivity contribution in [2.45, 2.75) is 215 Å². The van der Waals surface area contributed by atoms with Gasteiger partial charge in [0.1, 0.15) is 48.8 Å². The number of aliphatic hydroxyl groups excluding tert-OH is 5. The summed E-state index contributed by atoms with van der Waals surface area (Å²) < 4.78 is 79.9. The minimum atomic E-state index is -1.59. The molecule has 19 heteroatoms. The standard InChI is InChI=1S/C47H72O19/c1-21-41(64-36-17-31(55-7)43(23(3)60-36)66-45-40(52)39(51)38(50)32(18-48)63-45)29(49)15-34(58-21)65-42-22(2)59-35(16-30(42)54-6)61-26-12-13-46(4)25(14-26)9-10-27-28(46)11-8-24-19-56-47(5)37(24)33(20-57-47)62-44(27)53/h9,19,21-23,26-43,45,48-52H,8,10-18,20H2,1-7H3/t21-,22-,23-,26+,27-,28+,29+,30-,31-,32-,33-,34+,35+,36-,37-,38-,39+,40-,41-,42-,43-,45+,46+,47+/m1/s1. The van der Waals surface area contributed by atoms with E-state index in [1.165, 1.54) is 18.3 Å². The lowest BCUT2D eigenvalue weighted by atomic mass is 9.55. The minimum absolute atomic E-state index is 0.0646. The van der Waals surface area contributed by atoms with Gasteiger partial charge in [0, 0.05) is 40.4 Å². The summed E-state index contributed by atoms with van der Waals surface area (Å²) >= 11 is 0. The molecular formula is C47H72O19. The lowest BCUT2D eigenvalue weighted by Gasteiger charge is -2.51. The van der Waals surface area contributed by atoms with Crippen molar-refractivity contribution >= 4 is 5.97 Å². The molecule has 7 heterocycles. The largest absolute Gasteiger partial charge is 0.469 e. The number of hydrogen-bond acceptors (Lipinski definition) is 19. The number of ether oxygens (including phenoxy) is 13. The van der Waals surface area contributed by atoms with E-state index >= 15 is 0 Å². The summed E-state index contributed by atoms with van der Waals surface area (Å²) in [6.45, 7) is 9.47. The molecule has 0 radical (unpaired) electrons. The van der Waals surface area contributed by atoms with Crippen LogP contribution < -0.4 is 0 Å². The van der Waals surface area contributed by atoms with Gasteiger partial charge in [-0.15, -0.1) is 0 Å². The fourth-order valence-electron chi connectivity index (χ4n) is 12.5. The molecule has 2 aliphatic carbocycles. The second-order valence-corrected chi connectivity index (χ2v) is 20.4. The van der Waals surface area contributed by atoms with Crippen molar-refractivity contribution < 1.29 is 91.9 Å². The van der Waals surface area contributed by atoms with Crippen molar-refractivity contribution in [1.29, 1.82) is 0 Å². The summed E-state index contributed by atoms with van der Waals surface area (Å²) in [5.41, 5.74) is 2.35. The second-order valence-electron chi connectivity index (χ2n) is 20.4. The summed E-state index contributed by atoms with van der Waals surface area (Å²) in [6, 6.07) is 0. The Labute approximate surface area is 386 Å². The van der Waals surface area contributed by atoms with Crippen LogP contribution in [0.25, 0.3) is 0 Å². The smallest absolute Gasteiger partial charge is 0.309 e. The van der Waals surface area contributed by atoms with E-state index in [2.05, 4.69) is 13.0 Å². The molecule has 19 nitrogen and oxygen atoms in total. The first-order chi connectivity index (χ1) is 31.5. The zero-order valence-electron chi connectivity index (χ0n) is 39.1. The molecule has 5 N–H and O–H groups in total. The molecule has 0 amide bonds. The van der Waals surface area contributed by atoms with Gasteiger partial charge in [-0.1, -0.05) is 18.6 Å². The van der Waals surface area contributed by atoms with Gasteiger partial charge in [-0.3, -0.25) is 4.79 Å². The first-order valence-corrected chi connectivity index (χ1v) is 24.1. The topological polar surface area (TPSA) is 238 Å². The number of fused-ring (bicyclic) bond motifs is 3. The molecule has 0 aromatic rings. The van der Waals surface area contributed by atoms with E-state index in [9.17, 15) is 30.3 Å². The van der Waals surface area contributed by atoms with Gasteiger partial charge in [-0.05, 0) is 76.2 Å². The van der Waals surface area contributed by atoms with Crippen LogP contribution in [0.3, 0.4) is 0 Å². The van der Waals surface area contributed by atoms with Gasteiger partial charge in [0.25, 0.3) is 0 Å². The number of rotatable bonds is 11. The van der Waals surface area contributed by atoms with Crippen molar-refractivity contribution in [3.05, 3.63) is 23.5 Å². The molecule has 9 rings (SSSR count). The van der Waals surface area contributed by atoms with Crippen LogP contribution in [0.5, 0.6) is 0 Å². The quantitative estimate of drug-likeness (QED) is 0.147. The Kier molecular flexibility index (Phi) is 14.7. The Bertz CT molecular complexity index is 1750. The van der Waals surface area contributed by atoms with Crippen LogP contribution in [0.1, 0.15) is 92.4 Å². The van der Waals surface area contributed by atoms with Gasteiger partial charge < -0.3 is 87.1 Å². The Balaban J connectivity index is 0.757. The molecule has 0 spiro atoms. The fraction of sp³-hybridized carbons (Fsp3) is 0.894. The molecule has 1 saturated carbocycles. The first-order valence-electron chi connectivity index (χ1n) is 24.1. The van der Waals surface area contributed by atoms with Gasteiger partial charge in [-0.25, -0.2) is 0 Å². The maximum atomic E-state index is 13.8. The van der Waals surface area contributed by atoms with Crippen molar-refractivity contribution in [3.8, 4) is 0 Å². The highest BCUT2D eigenvalue weighted by atomic mass is 16.8. The van der Waals surface area contributed by atoms with Crippen LogP contribution in [0.2, 0.25) is 0 Å². The third-order valence-electron chi connectivity index (χ3n) is 16.3. The summed E-state index contributed by atoms with van der Waals surface area (Å²) in [6.07, 6.45) is -5.73.